The Hall–Kier alpha value is -0.570. The average molecular weight is 134 g/mol. The maximum Gasteiger partial charge on any atom is 0.320 e. The molecule has 0 fully saturated rings. The molecule has 0 saturated carbocycles. The number of hydrogen-bond donors (Lipinski definition) is 2. The first-order valence-corrected chi connectivity index (χ1v) is 2.82. The molecule has 0 saturated heterocycles. The molecule has 3 N–H and O–H groups in total. The van der Waals surface area contributed by atoms with E-state index in [1.807, 2.05) is 0 Å². The predicted octanol–water partition coefficient (Wildman–Crippen LogP) is 0.444. The summed E-state index contributed by atoms with van der Waals surface area (Å²) in [6, 6.07) is -2.14. The van der Waals surface area contributed by atoms with Gasteiger partial charge in [0.15, 0.2) is 0 Å². The smallest absolute Gasteiger partial charge is 0.320 e. The van der Waals surface area contributed by atoms with E-state index in [0.29, 0.717) is 0 Å². The summed E-state index contributed by atoms with van der Waals surface area (Å²) in [6.07, 6.45) is -0.0324. The molecule has 0 heterocycles. The largest absolute Gasteiger partial charge is 0.480 e. The first-order chi connectivity index (χ1) is 5.30. The minimum atomic E-state index is -2.14. The lowest BCUT2D eigenvalue weighted by Crippen LogP contribution is -2.31. The lowest BCUT2D eigenvalue weighted by atomic mass is 10.1. The van der Waals surface area contributed by atoms with Crippen molar-refractivity contribution in [1.82, 2.24) is 0 Å². The van der Waals surface area contributed by atoms with Crippen LogP contribution >= 0.6 is 0 Å². The molecule has 0 unspecified atom stereocenters. The molecule has 0 aliphatic heterocycles. The Morgan fingerprint density at radius 3 is 2.67 bits per heavy atom. The van der Waals surface area contributed by atoms with E-state index in [9.17, 15) is 4.79 Å². The fourth-order valence-electron chi connectivity index (χ4n) is 0.474. The molecule has 54 valence electrons. The quantitative estimate of drug-likeness (QED) is 0.586. The molecule has 0 aromatic rings. The molecule has 0 radical (unpaired) electrons. The van der Waals surface area contributed by atoms with Crippen molar-refractivity contribution in [3.05, 3.63) is 0 Å². The molecule has 0 aliphatic carbocycles. The molecule has 1 atom stereocenters. The third-order valence-corrected chi connectivity index (χ3v) is 0.848. The summed E-state index contributed by atoms with van der Waals surface area (Å²) in [5.74, 6) is -1.49. The summed E-state index contributed by atoms with van der Waals surface area (Å²) in [5, 5.41) is 8.58. The van der Waals surface area contributed by atoms with E-state index in [2.05, 4.69) is 0 Å². The van der Waals surface area contributed by atoms with Crippen molar-refractivity contribution >= 4 is 5.97 Å². The number of rotatable bonds is 4. The van der Waals surface area contributed by atoms with E-state index in [0.717, 1.165) is 0 Å². The number of carbonyl (C=O) groups is 1. The first kappa shape index (κ1) is 4.28. The molecule has 0 rings (SSSR count). The van der Waals surface area contributed by atoms with Crippen molar-refractivity contribution in [2.24, 2.45) is 11.6 Å². The van der Waals surface area contributed by atoms with E-state index < -0.39 is 12.0 Å². The van der Waals surface area contributed by atoms with Crippen LogP contribution in [0.5, 0.6) is 0 Å². The van der Waals surface area contributed by atoms with Crippen molar-refractivity contribution in [1.29, 1.82) is 0 Å². The summed E-state index contributed by atoms with van der Waals surface area (Å²) >= 11 is 0. The molecule has 0 amide bonds. The van der Waals surface area contributed by atoms with Gasteiger partial charge in [0, 0.05) is 0 Å². The van der Waals surface area contributed by atoms with E-state index in [1.54, 1.807) is 13.8 Å². The van der Waals surface area contributed by atoms with E-state index >= 15 is 0 Å². The first-order valence-electron chi connectivity index (χ1n) is 4.21. The Bertz CT molecular complexity index is 174. The van der Waals surface area contributed by atoms with Crippen LogP contribution in [0.1, 0.15) is 21.6 Å². The number of nitrogens with two attached hydrogens (primary N) is 1. The fraction of sp³-hybridized carbons (Fsp3) is 0.833. The minimum absolute atomic E-state index is 0.0307. The van der Waals surface area contributed by atoms with Crippen molar-refractivity contribution in [2.45, 2.75) is 26.3 Å². The monoisotopic (exact) mass is 134 g/mol. The second-order valence-corrected chi connectivity index (χ2v) is 2.35. The highest BCUT2D eigenvalue weighted by molar-refractivity contribution is 5.72. The molecule has 0 bridgehead atoms. The lowest BCUT2D eigenvalue weighted by Gasteiger charge is -2.07. The standard InChI is InChI=1S/C6H13NO2/c1-4(2)3-5(7)6(8)9/h4-5H,3,7H2,1-2H3,(H,8,9)/t5-/m0/s1/i5D/hD2. The molecule has 0 aromatic heterocycles. The lowest BCUT2D eigenvalue weighted by molar-refractivity contribution is -0.138. The van der Waals surface area contributed by atoms with Crippen LogP contribution in [0.2, 0.25) is 2.82 Å². The Kier molecular flexibility index (Phi) is 1.64. The molecular formula is C6H13NO2. The Labute approximate surface area is 59.2 Å². The zero-order chi connectivity index (χ0) is 9.94. The maximum atomic E-state index is 10.5. The van der Waals surface area contributed by atoms with Gasteiger partial charge in [-0.2, -0.15) is 0 Å². The normalized spacial score (nSPS) is 22.4. The molecule has 3 heteroatoms. The van der Waals surface area contributed by atoms with Crippen LogP contribution in [-0.2, 0) is 4.79 Å². The summed E-state index contributed by atoms with van der Waals surface area (Å²) in [7, 11) is 0. The molecular weight excluding hydrogens is 118 g/mol. The number of carboxylic acids is 1. The molecule has 0 spiro atoms. The van der Waals surface area contributed by atoms with Crippen LogP contribution in [-0.4, -0.2) is 17.1 Å². The summed E-state index contributed by atoms with van der Waals surface area (Å²) in [4.78, 5) is 10.5. The number of hydrogen-bond acceptors (Lipinski definition) is 2. The van der Waals surface area contributed by atoms with Gasteiger partial charge in [-0.1, -0.05) is 13.8 Å². The summed E-state index contributed by atoms with van der Waals surface area (Å²) in [5.41, 5.74) is -0.0741. The molecule has 0 aliphatic rings. The SMILES string of the molecule is [2H]N([2H])[C@@]([2H])(CC(C)C)C(=O)O. The van der Waals surface area contributed by atoms with Crippen LogP contribution in [0.4, 0.5) is 0 Å². The molecule has 9 heavy (non-hydrogen) atoms. The van der Waals surface area contributed by atoms with Crippen molar-refractivity contribution < 1.29 is 14.1 Å². The highest BCUT2D eigenvalue weighted by atomic mass is 16.4. The van der Waals surface area contributed by atoms with Gasteiger partial charge in [-0.3, -0.25) is 4.79 Å². The second kappa shape index (κ2) is 3.45. The Balaban J connectivity index is 4.51. The van der Waals surface area contributed by atoms with Crippen LogP contribution in [0.25, 0.3) is 0 Å². The zero-order valence-corrected chi connectivity index (χ0v) is 5.59. The van der Waals surface area contributed by atoms with Gasteiger partial charge in [0.1, 0.15) is 8.84 Å². The highest BCUT2D eigenvalue weighted by Gasteiger charge is 2.11. The van der Waals surface area contributed by atoms with Crippen LogP contribution in [0.3, 0.4) is 0 Å². The van der Waals surface area contributed by atoms with E-state index in [1.165, 1.54) is 0 Å². The molecule has 0 aromatic carbocycles. The van der Waals surface area contributed by atoms with Gasteiger partial charge in [0.25, 0.3) is 0 Å². The van der Waals surface area contributed by atoms with Crippen molar-refractivity contribution in [3.8, 4) is 0 Å². The second-order valence-electron chi connectivity index (χ2n) is 2.35. The van der Waals surface area contributed by atoms with Gasteiger partial charge >= 0.3 is 5.97 Å². The highest BCUT2D eigenvalue weighted by Crippen LogP contribution is 2.01. The molecule has 3 nitrogen and oxygen atoms in total. The summed E-state index contributed by atoms with van der Waals surface area (Å²) in [6.45, 7) is 3.49. The predicted molar refractivity (Wildman–Crippen MR) is 35.1 cm³/mol. The minimum Gasteiger partial charge on any atom is -0.480 e. The van der Waals surface area contributed by atoms with Crippen molar-refractivity contribution in [3.63, 3.8) is 0 Å². The van der Waals surface area contributed by atoms with Crippen LogP contribution < -0.4 is 5.72 Å². The zero-order valence-electron chi connectivity index (χ0n) is 8.59. The maximum absolute atomic E-state index is 10.5. The Morgan fingerprint density at radius 2 is 2.56 bits per heavy atom. The van der Waals surface area contributed by atoms with Gasteiger partial charge in [0.05, 0.1) is 1.37 Å². The fourth-order valence-corrected chi connectivity index (χ4v) is 0.474. The topological polar surface area (TPSA) is 63.3 Å². The Morgan fingerprint density at radius 1 is 2.00 bits per heavy atom. The van der Waals surface area contributed by atoms with Crippen molar-refractivity contribution in [2.75, 3.05) is 0 Å². The van der Waals surface area contributed by atoms with Gasteiger partial charge in [-0.05, 0) is 12.3 Å². The summed E-state index contributed by atoms with van der Waals surface area (Å²) < 4.78 is 20.9. The number of carboxylic acid groups (broad SMARTS) is 1. The van der Waals surface area contributed by atoms with E-state index in [4.69, 9.17) is 9.30 Å². The van der Waals surface area contributed by atoms with Gasteiger partial charge in [-0.15, -0.1) is 0 Å². The van der Waals surface area contributed by atoms with Crippen LogP contribution in [0, 0.1) is 5.92 Å². The van der Waals surface area contributed by atoms with Gasteiger partial charge in [-0.25, -0.2) is 0 Å². The average Bonchev–Trinajstić information content (AvgIpc) is 1.84. The third-order valence-electron chi connectivity index (χ3n) is 0.848. The van der Waals surface area contributed by atoms with Gasteiger partial charge in [0.2, 0.25) is 0 Å². The van der Waals surface area contributed by atoms with Gasteiger partial charge < -0.3 is 10.8 Å². The number of aliphatic carboxylic acids is 1. The van der Waals surface area contributed by atoms with Crippen LogP contribution in [0.15, 0.2) is 0 Å². The third kappa shape index (κ3) is 3.97. The van der Waals surface area contributed by atoms with E-state index in [-0.39, 0.29) is 18.1 Å².